The zero-order valence-electron chi connectivity index (χ0n) is 10.4. The summed E-state index contributed by atoms with van der Waals surface area (Å²) in [6.07, 6.45) is 0.0112. The van der Waals surface area contributed by atoms with Crippen LogP contribution < -0.4 is 0 Å². The van der Waals surface area contributed by atoms with Gasteiger partial charge in [0.05, 0.1) is 18.8 Å². The second kappa shape index (κ2) is 5.12. The minimum absolute atomic E-state index is 0.00560. The summed E-state index contributed by atoms with van der Waals surface area (Å²) < 4.78 is 10.4. The molecule has 1 rings (SSSR count). The monoisotopic (exact) mass is 231 g/mol. The van der Waals surface area contributed by atoms with Gasteiger partial charge in [0.15, 0.2) is 5.60 Å². The van der Waals surface area contributed by atoms with Crippen LogP contribution in [0.3, 0.4) is 0 Å². The van der Waals surface area contributed by atoms with Gasteiger partial charge in [-0.05, 0) is 20.8 Å². The van der Waals surface area contributed by atoms with Crippen LogP contribution >= 0.6 is 0 Å². The van der Waals surface area contributed by atoms with Crippen LogP contribution in [0.2, 0.25) is 0 Å². The second-order valence-corrected chi connectivity index (χ2v) is 4.67. The van der Waals surface area contributed by atoms with E-state index in [-0.39, 0.29) is 24.7 Å². The van der Waals surface area contributed by atoms with Crippen LogP contribution in [-0.2, 0) is 14.3 Å². The molecule has 1 fully saturated rings. The topological polar surface area (TPSA) is 59.0 Å². The minimum atomic E-state index is -1.45. The molecule has 0 saturated carbocycles. The van der Waals surface area contributed by atoms with E-state index < -0.39 is 5.60 Å². The van der Waals surface area contributed by atoms with Crippen LogP contribution in [-0.4, -0.2) is 60.5 Å². The summed E-state index contributed by atoms with van der Waals surface area (Å²) in [5.74, 6) is -0.295. The fourth-order valence-electron chi connectivity index (χ4n) is 2.03. The van der Waals surface area contributed by atoms with Crippen LogP contribution in [0.1, 0.15) is 20.8 Å². The van der Waals surface area contributed by atoms with Gasteiger partial charge in [-0.3, -0.25) is 4.79 Å². The molecule has 16 heavy (non-hydrogen) atoms. The number of hydrogen-bond donors (Lipinski definition) is 1. The summed E-state index contributed by atoms with van der Waals surface area (Å²) in [5.41, 5.74) is -1.45. The molecule has 0 bridgehead atoms. The van der Waals surface area contributed by atoms with Crippen molar-refractivity contribution in [2.24, 2.45) is 0 Å². The van der Waals surface area contributed by atoms with E-state index in [0.29, 0.717) is 13.1 Å². The first-order valence-electron chi connectivity index (χ1n) is 5.53. The molecule has 0 aliphatic carbocycles. The Morgan fingerprint density at radius 1 is 1.50 bits per heavy atom. The van der Waals surface area contributed by atoms with Gasteiger partial charge in [-0.2, -0.15) is 0 Å². The van der Waals surface area contributed by atoms with Crippen molar-refractivity contribution in [2.45, 2.75) is 38.6 Å². The SMILES string of the molecule is COC[C@](C)(O)C(=O)N1C[C@H](C)O[C@@H](C)C1. The third-order valence-electron chi connectivity index (χ3n) is 2.59. The molecule has 0 radical (unpaired) electrons. The van der Waals surface area contributed by atoms with E-state index in [4.69, 9.17) is 9.47 Å². The quantitative estimate of drug-likeness (QED) is 0.744. The lowest BCUT2D eigenvalue weighted by atomic mass is 10.1. The van der Waals surface area contributed by atoms with E-state index in [1.54, 1.807) is 4.90 Å². The fraction of sp³-hybridized carbons (Fsp3) is 0.909. The third-order valence-corrected chi connectivity index (χ3v) is 2.59. The number of carbonyl (C=O) groups is 1. The van der Waals surface area contributed by atoms with Crippen LogP contribution in [0.5, 0.6) is 0 Å². The van der Waals surface area contributed by atoms with Crippen molar-refractivity contribution in [1.82, 2.24) is 4.90 Å². The number of ether oxygens (including phenoxy) is 2. The number of aliphatic hydroxyl groups is 1. The molecule has 5 heteroatoms. The molecule has 1 aliphatic rings. The fourth-order valence-corrected chi connectivity index (χ4v) is 2.03. The summed E-state index contributed by atoms with van der Waals surface area (Å²) in [4.78, 5) is 13.7. The van der Waals surface area contributed by atoms with Crippen LogP contribution in [0.15, 0.2) is 0 Å². The van der Waals surface area contributed by atoms with Gasteiger partial charge in [-0.25, -0.2) is 0 Å². The van der Waals surface area contributed by atoms with Crippen molar-refractivity contribution in [3.8, 4) is 0 Å². The highest BCUT2D eigenvalue weighted by atomic mass is 16.5. The van der Waals surface area contributed by atoms with Crippen LogP contribution in [0.4, 0.5) is 0 Å². The third kappa shape index (κ3) is 3.17. The first-order chi connectivity index (χ1) is 7.36. The van der Waals surface area contributed by atoms with E-state index in [0.717, 1.165) is 0 Å². The number of carbonyl (C=O) groups excluding carboxylic acids is 1. The molecular formula is C11H21NO4. The van der Waals surface area contributed by atoms with Crippen molar-refractivity contribution < 1.29 is 19.4 Å². The number of rotatable bonds is 3. The Hall–Kier alpha value is -0.650. The molecule has 1 heterocycles. The average molecular weight is 231 g/mol. The van der Waals surface area contributed by atoms with Crippen molar-refractivity contribution in [3.05, 3.63) is 0 Å². The Labute approximate surface area is 96.3 Å². The molecule has 3 atom stereocenters. The van der Waals surface area contributed by atoms with E-state index in [1.807, 2.05) is 13.8 Å². The summed E-state index contributed by atoms with van der Waals surface area (Å²) in [7, 11) is 1.46. The van der Waals surface area contributed by atoms with Crippen LogP contribution in [0, 0.1) is 0 Å². The van der Waals surface area contributed by atoms with Crippen molar-refractivity contribution in [2.75, 3.05) is 26.8 Å². The Morgan fingerprint density at radius 2 is 2.00 bits per heavy atom. The van der Waals surface area contributed by atoms with Gasteiger partial charge in [0, 0.05) is 20.2 Å². The lowest BCUT2D eigenvalue weighted by Gasteiger charge is -2.38. The summed E-state index contributed by atoms with van der Waals surface area (Å²) in [6.45, 7) is 6.35. The number of hydrogen-bond acceptors (Lipinski definition) is 4. The number of methoxy groups -OCH3 is 1. The van der Waals surface area contributed by atoms with Gasteiger partial charge in [-0.15, -0.1) is 0 Å². The Morgan fingerprint density at radius 3 is 2.44 bits per heavy atom. The maximum Gasteiger partial charge on any atom is 0.256 e. The van der Waals surface area contributed by atoms with Crippen LogP contribution in [0.25, 0.3) is 0 Å². The predicted molar refractivity (Wildman–Crippen MR) is 59.1 cm³/mol. The molecule has 1 N–H and O–H groups in total. The van der Waals surface area contributed by atoms with E-state index in [2.05, 4.69) is 0 Å². The van der Waals surface area contributed by atoms with E-state index in [1.165, 1.54) is 14.0 Å². The minimum Gasteiger partial charge on any atom is -0.381 e. The van der Waals surface area contributed by atoms with Gasteiger partial charge in [0.1, 0.15) is 0 Å². The smallest absolute Gasteiger partial charge is 0.256 e. The molecule has 0 unspecified atom stereocenters. The Kier molecular flexibility index (Phi) is 4.29. The zero-order chi connectivity index (χ0) is 12.3. The van der Waals surface area contributed by atoms with Gasteiger partial charge in [0.2, 0.25) is 0 Å². The molecule has 1 amide bonds. The average Bonchev–Trinajstić information content (AvgIpc) is 2.14. The Bertz CT molecular complexity index is 244. The highest BCUT2D eigenvalue weighted by Gasteiger charge is 2.37. The van der Waals surface area contributed by atoms with Gasteiger partial charge < -0.3 is 19.5 Å². The van der Waals surface area contributed by atoms with Gasteiger partial charge >= 0.3 is 0 Å². The lowest BCUT2D eigenvalue weighted by molar-refractivity contribution is -0.165. The molecule has 94 valence electrons. The highest BCUT2D eigenvalue weighted by Crippen LogP contribution is 2.16. The van der Waals surface area contributed by atoms with Gasteiger partial charge in [0.25, 0.3) is 5.91 Å². The van der Waals surface area contributed by atoms with E-state index >= 15 is 0 Å². The molecule has 0 aromatic heterocycles. The molecule has 0 aromatic carbocycles. The molecule has 1 saturated heterocycles. The van der Waals surface area contributed by atoms with Crippen molar-refractivity contribution in [3.63, 3.8) is 0 Å². The summed E-state index contributed by atoms with van der Waals surface area (Å²) in [5, 5.41) is 9.95. The van der Waals surface area contributed by atoms with Crippen molar-refractivity contribution in [1.29, 1.82) is 0 Å². The molecule has 5 nitrogen and oxygen atoms in total. The normalized spacial score (nSPS) is 29.9. The maximum absolute atomic E-state index is 12.0. The largest absolute Gasteiger partial charge is 0.381 e. The van der Waals surface area contributed by atoms with E-state index in [9.17, 15) is 9.90 Å². The molecule has 1 aliphatic heterocycles. The Balaban J connectivity index is 2.65. The standard InChI is InChI=1S/C11H21NO4/c1-8-5-12(6-9(2)16-8)10(13)11(3,14)7-15-4/h8-9,14H,5-7H2,1-4H3/t8-,9-,11-/m0/s1. The molecule has 0 aromatic rings. The number of nitrogens with zero attached hydrogens (tertiary/aromatic N) is 1. The maximum atomic E-state index is 12.0. The number of amides is 1. The predicted octanol–water partition coefficient (Wildman–Crippen LogP) is 0.0196. The molecular weight excluding hydrogens is 210 g/mol. The first kappa shape index (κ1) is 13.4. The van der Waals surface area contributed by atoms with Gasteiger partial charge in [-0.1, -0.05) is 0 Å². The summed E-state index contributed by atoms with van der Waals surface area (Å²) >= 11 is 0. The second-order valence-electron chi connectivity index (χ2n) is 4.67. The molecule has 0 spiro atoms. The lowest BCUT2D eigenvalue weighted by Crippen LogP contribution is -2.56. The highest BCUT2D eigenvalue weighted by molar-refractivity contribution is 5.84. The van der Waals surface area contributed by atoms with Crippen molar-refractivity contribution >= 4 is 5.91 Å². The first-order valence-corrected chi connectivity index (χ1v) is 5.53. The number of morpholine rings is 1. The summed E-state index contributed by atoms with van der Waals surface area (Å²) in [6, 6.07) is 0. The zero-order valence-corrected chi connectivity index (χ0v) is 10.4.